The van der Waals surface area contributed by atoms with Gasteiger partial charge in [0.25, 0.3) is 0 Å². The van der Waals surface area contributed by atoms with Crippen LogP contribution in [0.15, 0.2) is 24.3 Å². The molecule has 1 aromatic carbocycles. The van der Waals surface area contributed by atoms with Gasteiger partial charge in [0.05, 0.1) is 11.5 Å². The standard InChI is InChI=1S/C25H36ClNO3/c1-25(2,3)17-8-10-23(28)19-12-14-20(15-13-19)27-18-16-21(26)22(27)9-6-4-5-7-11-24(29)30/h12-15,21-23,28H,4-5,7-8,10-11,16-18H2,1-3H3,(H,29,30). The summed E-state index contributed by atoms with van der Waals surface area (Å²) in [6.45, 7) is 7.54. The van der Waals surface area contributed by atoms with Crippen molar-refractivity contribution in [2.45, 2.75) is 89.7 Å². The van der Waals surface area contributed by atoms with E-state index in [1.54, 1.807) is 0 Å². The van der Waals surface area contributed by atoms with Gasteiger partial charge in [0.1, 0.15) is 6.04 Å². The normalized spacial score (nSPS) is 20.0. The predicted molar refractivity (Wildman–Crippen MR) is 124 cm³/mol. The zero-order chi connectivity index (χ0) is 22.1. The average molecular weight is 434 g/mol. The first-order valence-corrected chi connectivity index (χ1v) is 11.5. The third-order valence-electron chi connectivity index (χ3n) is 5.53. The van der Waals surface area contributed by atoms with E-state index in [2.05, 4.69) is 49.6 Å². The minimum absolute atomic E-state index is 0.0146. The molecule has 2 N–H and O–H groups in total. The highest BCUT2D eigenvalue weighted by Crippen LogP contribution is 2.31. The van der Waals surface area contributed by atoms with Crippen LogP contribution in [-0.2, 0) is 4.79 Å². The van der Waals surface area contributed by atoms with E-state index in [0.29, 0.717) is 18.3 Å². The molecule has 5 heteroatoms. The second-order valence-electron chi connectivity index (χ2n) is 9.43. The number of hydrogen-bond donors (Lipinski definition) is 2. The second-order valence-corrected chi connectivity index (χ2v) is 9.99. The smallest absolute Gasteiger partial charge is 0.303 e. The van der Waals surface area contributed by atoms with E-state index >= 15 is 0 Å². The molecule has 0 amide bonds. The zero-order valence-corrected chi connectivity index (χ0v) is 19.3. The van der Waals surface area contributed by atoms with Crippen molar-refractivity contribution in [2.75, 3.05) is 11.4 Å². The van der Waals surface area contributed by atoms with Crippen LogP contribution in [0, 0.1) is 17.3 Å². The molecule has 1 aliphatic heterocycles. The first kappa shape index (κ1) is 24.6. The number of hydrogen-bond acceptors (Lipinski definition) is 3. The van der Waals surface area contributed by atoms with Gasteiger partial charge in [0.15, 0.2) is 0 Å². The molecule has 0 saturated carbocycles. The molecule has 1 heterocycles. The molecular weight excluding hydrogens is 398 g/mol. The number of aliphatic hydroxyl groups excluding tert-OH is 1. The summed E-state index contributed by atoms with van der Waals surface area (Å²) in [6, 6.07) is 8.09. The SMILES string of the molecule is CC(C)(C)CCCC(O)c1ccc(N2CCC(Cl)C2C#CCCCCC(=O)O)cc1. The van der Waals surface area contributed by atoms with Gasteiger partial charge >= 0.3 is 5.97 Å². The number of halogens is 1. The fourth-order valence-electron chi connectivity index (χ4n) is 3.76. The van der Waals surface area contributed by atoms with Crippen molar-refractivity contribution in [3.63, 3.8) is 0 Å². The van der Waals surface area contributed by atoms with Gasteiger partial charge in [-0.1, -0.05) is 45.2 Å². The molecule has 1 fully saturated rings. The number of unbranched alkanes of at least 4 members (excludes halogenated alkanes) is 2. The number of carboxylic acid groups (broad SMARTS) is 1. The van der Waals surface area contributed by atoms with Crippen LogP contribution in [0.2, 0.25) is 0 Å². The minimum atomic E-state index is -0.756. The van der Waals surface area contributed by atoms with E-state index in [1.807, 2.05) is 12.1 Å². The van der Waals surface area contributed by atoms with Crippen molar-refractivity contribution in [1.29, 1.82) is 0 Å². The van der Waals surface area contributed by atoms with Gasteiger partial charge in [-0.2, -0.15) is 0 Å². The van der Waals surface area contributed by atoms with Crippen LogP contribution in [-0.4, -0.2) is 34.1 Å². The van der Waals surface area contributed by atoms with Gasteiger partial charge in [0.2, 0.25) is 0 Å². The first-order chi connectivity index (χ1) is 14.2. The maximum absolute atomic E-state index is 10.6. The van der Waals surface area contributed by atoms with Gasteiger partial charge in [0, 0.05) is 25.1 Å². The van der Waals surface area contributed by atoms with Crippen molar-refractivity contribution in [3.05, 3.63) is 29.8 Å². The van der Waals surface area contributed by atoms with E-state index in [0.717, 1.165) is 49.9 Å². The lowest BCUT2D eigenvalue weighted by molar-refractivity contribution is -0.137. The Morgan fingerprint density at radius 3 is 2.57 bits per heavy atom. The van der Waals surface area contributed by atoms with Crippen molar-refractivity contribution in [1.82, 2.24) is 0 Å². The number of rotatable bonds is 9. The molecule has 3 unspecified atom stereocenters. The maximum Gasteiger partial charge on any atom is 0.303 e. The number of aliphatic carboxylic acids is 1. The number of nitrogens with zero attached hydrogens (tertiary/aromatic N) is 1. The Kier molecular flexibility index (Phi) is 9.52. The van der Waals surface area contributed by atoms with Crippen LogP contribution in [0.1, 0.15) is 83.8 Å². The number of carboxylic acids is 1. The van der Waals surface area contributed by atoms with E-state index in [1.165, 1.54) is 0 Å². The van der Waals surface area contributed by atoms with Crippen molar-refractivity contribution in [3.8, 4) is 11.8 Å². The molecule has 166 valence electrons. The summed E-state index contributed by atoms with van der Waals surface area (Å²) in [6.07, 6.45) is 5.69. The Labute approximate surface area is 186 Å². The molecule has 1 aromatic rings. The number of benzene rings is 1. The molecule has 0 radical (unpaired) electrons. The molecule has 0 aliphatic carbocycles. The van der Waals surface area contributed by atoms with Crippen LogP contribution in [0.5, 0.6) is 0 Å². The second kappa shape index (κ2) is 11.6. The van der Waals surface area contributed by atoms with Gasteiger partial charge in [-0.3, -0.25) is 4.79 Å². The van der Waals surface area contributed by atoms with Crippen LogP contribution in [0.4, 0.5) is 5.69 Å². The van der Waals surface area contributed by atoms with Crippen molar-refractivity contribution < 1.29 is 15.0 Å². The molecular formula is C25H36ClNO3. The van der Waals surface area contributed by atoms with Crippen LogP contribution in [0.3, 0.4) is 0 Å². The van der Waals surface area contributed by atoms with E-state index in [-0.39, 0.29) is 17.8 Å². The van der Waals surface area contributed by atoms with Crippen molar-refractivity contribution in [2.24, 2.45) is 5.41 Å². The van der Waals surface area contributed by atoms with Gasteiger partial charge in [-0.05, 0) is 55.2 Å². The quantitative estimate of drug-likeness (QED) is 0.295. The van der Waals surface area contributed by atoms with Gasteiger partial charge < -0.3 is 15.1 Å². The minimum Gasteiger partial charge on any atom is -0.481 e. The third-order valence-corrected chi connectivity index (χ3v) is 5.99. The highest BCUT2D eigenvalue weighted by molar-refractivity contribution is 6.21. The zero-order valence-electron chi connectivity index (χ0n) is 18.5. The number of alkyl halides is 1. The molecule has 0 spiro atoms. The summed E-state index contributed by atoms with van der Waals surface area (Å²) in [5, 5.41) is 19.2. The summed E-state index contributed by atoms with van der Waals surface area (Å²) < 4.78 is 0. The Bertz CT molecular complexity index is 729. The Balaban J connectivity index is 1.91. The fourth-order valence-corrected chi connectivity index (χ4v) is 4.06. The first-order valence-electron chi connectivity index (χ1n) is 11.1. The molecule has 1 aliphatic rings. The highest BCUT2D eigenvalue weighted by atomic mass is 35.5. The summed E-state index contributed by atoms with van der Waals surface area (Å²) in [4.78, 5) is 12.8. The van der Waals surface area contributed by atoms with Gasteiger partial charge in [-0.25, -0.2) is 0 Å². The Morgan fingerprint density at radius 2 is 1.93 bits per heavy atom. The van der Waals surface area contributed by atoms with E-state index < -0.39 is 12.1 Å². The van der Waals surface area contributed by atoms with E-state index in [4.69, 9.17) is 16.7 Å². The summed E-state index contributed by atoms with van der Waals surface area (Å²) in [7, 11) is 0. The molecule has 2 rings (SSSR count). The third kappa shape index (κ3) is 8.20. The number of carbonyl (C=O) groups is 1. The molecule has 0 bridgehead atoms. The molecule has 30 heavy (non-hydrogen) atoms. The highest BCUT2D eigenvalue weighted by Gasteiger charge is 2.31. The molecule has 0 aromatic heterocycles. The van der Waals surface area contributed by atoms with Gasteiger partial charge in [-0.15, -0.1) is 17.5 Å². The maximum atomic E-state index is 10.6. The topological polar surface area (TPSA) is 60.8 Å². The lowest BCUT2D eigenvalue weighted by atomic mass is 9.88. The monoisotopic (exact) mass is 433 g/mol. The van der Waals surface area contributed by atoms with Crippen molar-refractivity contribution >= 4 is 23.3 Å². The number of anilines is 1. The van der Waals surface area contributed by atoms with E-state index in [9.17, 15) is 9.90 Å². The molecule has 1 saturated heterocycles. The Hall–Kier alpha value is -1.70. The lowest BCUT2D eigenvalue weighted by Gasteiger charge is -2.25. The predicted octanol–water partition coefficient (Wildman–Crippen LogP) is 5.77. The lowest BCUT2D eigenvalue weighted by Crippen LogP contribution is -2.31. The van der Waals surface area contributed by atoms with Crippen LogP contribution in [0.25, 0.3) is 0 Å². The fraction of sp³-hybridized carbons (Fsp3) is 0.640. The molecule has 3 atom stereocenters. The molecule has 4 nitrogen and oxygen atoms in total. The summed E-state index contributed by atoms with van der Waals surface area (Å²) >= 11 is 6.52. The summed E-state index contributed by atoms with van der Waals surface area (Å²) in [5.41, 5.74) is 2.33. The van der Waals surface area contributed by atoms with Crippen LogP contribution < -0.4 is 4.90 Å². The number of aliphatic hydroxyl groups is 1. The van der Waals surface area contributed by atoms with Crippen LogP contribution >= 0.6 is 11.6 Å². The largest absolute Gasteiger partial charge is 0.481 e. The Morgan fingerprint density at radius 1 is 1.23 bits per heavy atom. The summed E-state index contributed by atoms with van der Waals surface area (Å²) in [5.74, 6) is 5.73. The average Bonchev–Trinajstić information content (AvgIpc) is 3.04.